The quantitative estimate of drug-likeness (QED) is 0.656. The minimum atomic E-state index is -3.28. The largest absolute Gasteiger partial charge is 0.477 e. The molecule has 2 aromatic carbocycles. The van der Waals surface area contributed by atoms with Gasteiger partial charge in [-0.2, -0.15) is 8.78 Å². The average Bonchev–Trinajstić information content (AvgIpc) is 2.78. The topological polar surface area (TPSA) is 72.1 Å². The summed E-state index contributed by atoms with van der Waals surface area (Å²) in [5.41, 5.74) is 3.47. The lowest BCUT2D eigenvalue weighted by Gasteiger charge is -2.28. The van der Waals surface area contributed by atoms with Crippen LogP contribution in [0.5, 0.6) is 11.5 Å². The number of aryl methyl sites for hydroxylation is 1. The van der Waals surface area contributed by atoms with E-state index in [-0.39, 0.29) is 18.2 Å². The van der Waals surface area contributed by atoms with E-state index in [0.717, 1.165) is 56.1 Å². The number of hydrogen-bond acceptors (Lipinski definition) is 6. The summed E-state index contributed by atoms with van der Waals surface area (Å²) in [6, 6.07) is 10.3. The van der Waals surface area contributed by atoms with Gasteiger partial charge in [-0.1, -0.05) is 17.7 Å². The molecule has 178 valence electrons. The predicted molar refractivity (Wildman–Crippen MR) is 121 cm³/mol. The zero-order valence-electron chi connectivity index (χ0n) is 18.8. The number of ether oxygens (including phenoxy) is 3. The van der Waals surface area contributed by atoms with Gasteiger partial charge in [0.2, 0.25) is 0 Å². The molecule has 0 radical (unpaired) electrons. The molecule has 1 fully saturated rings. The van der Waals surface area contributed by atoms with Crippen molar-refractivity contribution in [2.24, 2.45) is 0 Å². The van der Waals surface area contributed by atoms with Gasteiger partial charge in [0.15, 0.2) is 6.10 Å². The first-order valence-corrected chi connectivity index (χ1v) is 11.1. The van der Waals surface area contributed by atoms with Gasteiger partial charge in [0.05, 0.1) is 25.4 Å². The van der Waals surface area contributed by atoms with E-state index in [0.29, 0.717) is 18.4 Å². The lowest BCUT2D eigenvalue weighted by molar-refractivity contribution is -0.158. The molecule has 33 heavy (non-hydrogen) atoms. The molecule has 1 atom stereocenters. The van der Waals surface area contributed by atoms with Crippen LogP contribution in [-0.4, -0.2) is 62.4 Å². The van der Waals surface area contributed by atoms with Crippen molar-refractivity contribution in [3.8, 4) is 11.5 Å². The summed E-state index contributed by atoms with van der Waals surface area (Å²) < 4.78 is 42.0. The molecule has 2 aliphatic heterocycles. The SMILES string of the molecule is Cc1ccc(NC(=O)C2CNc3cc(OC(C)(F)F)ccc3O2)c(CCN2CCOCC2)c1. The van der Waals surface area contributed by atoms with E-state index in [2.05, 4.69) is 26.3 Å². The maximum absolute atomic E-state index is 13.1. The van der Waals surface area contributed by atoms with Crippen LogP contribution < -0.4 is 20.1 Å². The lowest BCUT2D eigenvalue weighted by atomic mass is 10.1. The number of carbonyl (C=O) groups is 1. The van der Waals surface area contributed by atoms with Crippen LogP contribution in [-0.2, 0) is 16.0 Å². The van der Waals surface area contributed by atoms with Gasteiger partial charge in [0, 0.05) is 38.3 Å². The summed E-state index contributed by atoms with van der Waals surface area (Å²) in [6.45, 7) is 7.14. The van der Waals surface area contributed by atoms with Crippen molar-refractivity contribution in [2.45, 2.75) is 32.5 Å². The van der Waals surface area contributed by atoms with Crippen LogP contribution in [0.25, 0.3) is 0 Å². The van der Waals surface area contributed by atoms with Crippen LogP contribution in [0.15, 0.2) is 36.4 Å². The number of nitrogens with zero attached hydrogens (tertiary/aromatic N) is 1. The third-order valence-electron chi connectivity index (χ3n) is 5.61. The first-order valence-electron chi connectivity index (χ1n) is 11.1. The number of nitrogens with one attached hydrogen (secondary N) is 2. The fraction of sp³-hybridized carbons (Fsp3) is 0.458. The van der Waals surface area contributed by atoms with Crippen molar-refractivity contribution in [1.29, 1.82) is 0 Å². The number of alkyl halides is 2. The normalized spacial score (nSPS) is 18.6. The van der Waals surface area contributed by atoms with E-state index in [1.54, 1.807) is 0 Å². The number of fused-ring (bicyclic) bond motifs is 1. The first-order chi connectivity index (χ1) is 15.8. The monoisotopic (exact) mass is 461 g/mol. The minimum Gasteiger partial charge on any atom is -0.477 e. The Morgan fingerprint density at radius 3 is 2.79 bits per heavy atom. The Labute approximate surface area is 192 Å². The Kier molecular flexibility index (Phi) is 6.99. The molecule has 2 heterocycles. The van der Waals surface area contributed by atoms with Crippen LogP contribution >= 0.6 is 0 Å². The second-order valence-electron chi connectivity index (χ2n) is 8.41. The van der Waals surface area contributed by atoms with Gasteiger partial charge in [-0.3, -0.25) is 9.69 Å². The van der Waals surface area contributed by atoms with Crippen molar-refractivity contribution in [3.05, 3.63) is 47.5 Å². The number of anilines is 2. The van der Waals surface area contributed by atoms with Crippen molar-refractivity contribution < 1.29 is 27.8 Å². The molecule has 7 nitrogen and oxygen atoms in total. The molecule has 0 saturated carbocycles. The second-order valence-corrected chi connectivity index (χ2v) is 8.41. The molecule has 2 aliphatic rings. The van der Waals surface area contributed by atoms with Crippen LogP contribution in [0.4, 0.5) is 20.2 Å². The van der Waals surface area contributed by atoms with Crippen LogP contribution in [0, 0.1) is 6.92 Å². The predicted octanol–water partition coefficient (Wildman–Crippen LogP) is 3.67. The van der Waals surface area contributed by atoms with E-state index in [9.17, 15) is 13.6 Å². The number of rotatable bonds is 7. The highest BCUT2D eigenvalue weighted by atomic mass is 19.3. The summed E-state index contributed by atoms with van der Waals surface area (Å²) in [4.78, 5) is 15.3. The van der Waals surface area contributed by atoms with E-state index >= 15 is 0 Å². The third-order valence-corrected chi connectivity index (χ3v) is 5.61. The maximum Gasteiger partial charge on any atom is 0.394 e. The van der Waals surface area contributed by atoms with Crippen molar-refractivity contribution in [2.75, 3.05) is 50.0 Å². The molecule has 1 unspecified atom stereocenters. The fourth-order valence-corrected chi connectivity index (χ4v) is 3.93. The Bertz CT molecular complexity index is 990. The molecular formula is C24H29F2N3O4. The maximum atomic E-state index is 13.1. The molecule has 0 aromatic heterocycles. The van der Waals surface area contributed by atoms with Crippen molar-refractivity contribution >= 4 is 17.3 Å². The Morgan fingerprint density at radius 1 is 1.24 bits per heavy atom. The molecule has 2 N–H and O–H groups in total. The summed E-state index contributed by atoms with van der Waals surface area (Å²) in [6.07, 6.45) is -3.22. The lowest BCUT2D eigenvalue weighted by Crippen LogP contribution is -2.41. The number of morpholine rings is 1. The molecule has 2 aromatic rings. The van der Waals surface area contributed by atoms with E-state index in [1.165, 1.54) is 18.2 Å². The zero-order valence-corrected chi connectivity index (χ0v) is 18.8. The summed E-state index contributed by atoms with van der Waals surface area (Å²) >= 11 is 0. The molecule has 1 saturated heterocycles. The number of carbonyl (C=O) groups excluding carboxylic acids is 1. The van der Waals surface area contributed by atoms with Gasteiger partial charge in [-0.05, 0) is 37.1 Å². The Morgan fingerprint density at radius 2 is 2.03 bits per heavy atom. The highest BCUT2D eigenvalue weighted by Gasteiger charge is 2.28. The minimum absolute atomic E-state index is 0.0183. The smallest absolute Gasteiger partial charge is 0.394 e. The van der Waals surface area contributed by atoms with Gasteiger partial charge in [-0.25, -0.2) is 0 Å². The number of hydrogen-bond donors (Lipinski definition) is 2. The highest BCUT2D eigenvalue weighted by Crippen LogP contribution is 2.34. The van der Waals surface area contributed by atoms with Gasteiger partial charge in [0.25, 0.3) is 5.91 Å². The fourth-order valence-electron chi connectivity index (χ4n) is 3.93. The van der Waals surface area contributed by atoms with Gasteiger partial charge < -0.3 is 24.8 Å². The molecule has 1 amide bonds. The zero-order chi connectivity index (χ0) is 23.4. The molecular weight excluding hydrogens is 432 g/mol. The van der Waals surface area contributed by atoms with E-state index in [4.69, 9.17) is 9.47 Å². The van der Waals surface area contributed by atoms with Crippen LogP contribution in [0.2, 0.25) is 0 Å². The van der Waals surface area contributed by atoms with Gasteiger partial charge >= 0.3 is 6.11 Å². The highest BCUT2D eigenvalue weighted by molar-refractivity contribution is 5.96. The first kappa shape index (κ1) is 23.3. The van der Waals surface area contributed by atoms with Gasteiger partial charge in [0.1, 0.15) is 11.5 Å². The van der Waals surface area contributed by atoms with Crippen molar-refractivity contribution in [1.82, 2.24) is 4.90 Å². The number of amides is 1. The van der Waals surface area contributed by atoms with Crippen LogP contribution in [0.1, 0.15) is 18.1 Å². The molecule has 4 rings (SSSR count). The van der Waals surface area contributed by atoms with Gasteiger partial charge in [-0.15, -0.1) is 0 Å². The van der Waals surface area contributed by atoms with E-state index in [1.807, 2.05) is 19.1 Å². The second kappa shape index (κ2) is 9.93. The molecule has 0 aliphatic carbocycles. The number of halogens is 2. The molecule has 0 bridgehead atoms. The average molecular weight is 462 g/mol. The molecule has 9 heteroatoms. The summed E-state index contributed by atoms with van der Waals surface area (Å²) in [5.74, 6) is 0.152. The van der Waals surface area contributed by atoms with E-state index < -0.39 is 12.2 Å². The summed E-state index contributed by atoms with van der Waals surface area (Å²) in [7, 11) is 0. The van der Waals surface area contributed by atoms with Crippen LogP contribution in [0.3, 0.4) is 0 Å². The van der Waals surface area contributed by atoms with Crippen molar-refractivity contribution in [3.63, 3.8) is 0 Å². The summed E-state index contributed by atoms with van der Waals surface area (Å²) in [5, 5.41) is 6.07. The number of benzene rings is 2. The Hall–Kier alpha value is -2.91. The Balaban J connectivity index is 1.39. The molecule has 0 spiro atoms. The standard InChI is InChI=1S/C24H29F2N3O4/c1-16-3-5-19(17(13-16)7-8-29-9-11-31-12-10-29)28-23(30)22-15-27-20-14-18(33-24(2,25)26)4-6-21(20)32-22/h3-6,13-14,22,27H,7-12,15H2,1-2H3,(H,28,30). The third kappa shape index (κ3) is 6.33.